The first-order valence-electron chi connectivity index (χ1n) is 7.57. The number of hydrogen-bond acceptors (Lipinski definition) is 4. The molecule has 0 bridgehead atoms. The first kappa shape index (κ1) is 17.0. The number of H-pyrrole nitrogens is 2. The summed E-state index contributed by atoms with van der Waals surface area (Å²) in [5, 5.41) is 0. The second kappa shape index (κ2) is 6.78. The molecule has 7 heteroatoms. The minimum Gasteiger partial charge on any atom is -0.342 e. The van der Waals surface area contributed by atoms with Crippen LogP contribution in [0.25, 0.3) is 11.0 Å². The van der Waals surface area contributed by atoms with Crippen molar-refractivity contribution in [2.45, 2.75) is 26.3 Å². The summed E-state index contributed by atoms with van der Waals surface area (Å²) in [7, 11) is 1.72. The van der Waals surface area contributed by atoms with Crippen molar-refractivity contribution < 1.29 is 4.79 Å². The largest absolute Gasteiger partial charge is 0.342 e. The first-order valence-corrected chi connectivity index (χ1v) is 7.57. The fourth-order valence-corrected chi connectivity index (χ4v) is 2.25. The van der Waals surface area contributed by atoms with Crippen molar-refractivity contribution in [2.75, 3.05) is 13.6 Å². The Morgan fingerprint density at radius 3 is 2.39 bits per heavy atom. The number of amides is 1. The van der Waals surface area contributed by atoms with Gasteiger partial charge in [0.15, 0.2) is 0 Å². The van der Waals surface area contributed by atoms with Gasteiger partial charge in [-0.2, -0.15) is 0 Å². The lowest BCUT2D eigenvalue weighted by molar-refractivity contribution is 0.0789. The molecular weight excluding hydrogens is 296 g/mol. The van der Waals surface area contributed by atoms with Gasteiger partial charge in [-0.25, -0.2) is 0 Å². The zero-order chi connectivity index (χ0) is 17.1. The highest BCUT2D eigenvalue weighted by Crippen LogP contribution is 2.12. The predicted octanol–water partition coefficient (Wildman–Crippen LogP) is 0.662. The van der Waals surface area contributed by atoms with Gasteiger partial charge in [-0.15, -0.1) is 0 Å². The molecule has 2 aromatic rings. The molecule has 0 saturated carbocycles. The molecule has 0 spiro atoms. The average molecular weight is 318 g/mol. The van der Waals surface area contributed by atoms with E-state index in [0.717, 1.165) is 6.42 Å². The second-order valence-electron chi connectivity index (χ2n) is 6.09. The number of fused-ring (bicyclic) bond motifs is 1. The van der Waals surface area contributed by atoms with E-state index in [-0.39, 0.29) is 11.9 Å². The second-order valence-corrected chi connectivity index (χ2v) is 6.09. The lowest BCUT2D eigenvalue weighted by Gasteiger charge is -2.21. The van der Waals surface area contributed by atoms with Gasteiger partial charge in [0.1, 0.15) is 0 Å². The van der Waals surface area contributed by atoms with Crippen LogP contribution in [0.1, 0.15) is 30.6 Å². The van der Waals surface area contributed by atoms with Crippen LogP contribution in [0.5, 0.6) is 0 Å². The number of benzene rings is 1. The van der Waals surface area contributed by atoms with Gasteiger partial charge in [-0.3, -0.25) is 14.4 Å². The summed E-state index contributed by atoms with van der Waals surface area (Å²) in [5.41, 5.74) is 5.90. The van der Waals surface area contributed by atoms with E-state index in [9.17, 15) is 14.4 Å². The topological polar surface area (TPSA) is 112 Å². The summed E-state index contributed by atoms with van der Waals surface area (Å²) in [4.78, 5) is 41.6. The van der Waals surface area contributed by atoms with E-state index < -0.39 is 11.1 Å². The monoisotopic (exact) mass is 318 g/mol. The predicted molar refractivity (Wildman–Crippen MR) is 89.6 cm³/mol. The highest BCUT2D eigenvalue weighted by atomic mass is 16.2. The number of aromatic nitrogens is 2. The van der Waals surface area contributed by atoms with Crippen molar-refractivity contribution in [2.24, 2.45) is 11.7 Å². The molecule has 1 amide bonds. The molecule has 1 aromatic carbocycles. The van der Waals surface area contributed by atoms with Crippen LogP contribution in [0.4, 0.5) is 0 Å². The molecule has 1 unspecified atom stereocenters. The Balaban J connectivity index is 2.19. The third-order valence-electron chi connectivity index (χ3n) is 3.97. The van der Waals surface area contributed by atoms with E-state index in [1.807, 2.05) is 13.8 Å². The fourth-order valence-electron chi connectivity index (χ4n) is 2.25. The Kier molecular flexibility index (Phi) is 5.00. The van der Waals surface area contributed by atoms with Gasteiger partial charge < -0.3 is 20.6 Å². The Hall–Kier alpha value is -2.41. The smallest absolute Gasteiger partial charge is 0.314 e. The molecule has 0 aliphatic rings. The molecule has 0 radical (unpaired) electrons. The van der Waals surface area contributed by atoms with Gasteiger partial charge in [0.2, 0.25) is 0 Å². The molecule has 7 nitrogen and oxygen atoms in total. The minimum absolute atomic E-state index is 0.0447. The van der Waals surface area contributed by atoms with E-state index >= 15 is 0 Å². The van der Waals surface area contributed by atoms with E-state index in [4.69, 9.17) is 5.73 Å². The molecular formula is C16H22N4O3. The maximum atomic E-state index is 12.4. The van der Waals surface area contributed by atoms with Gasteiger partial charge in [0, 0.05) is 25.2 Å². The van der Waals surface area contributed by atoms with Crippen LogP contribution < -0.4 is 16.9 Å². The number of nitrogens with zero attached hydrogens (tertiary/aromatic N) is 1. The van der Waals surface area contributed by atoms with E-state index in [1.54, 1.807) is 30.1 Å². The molecule has 1 atom stereocenters. The standard InChI is InChI=1S/C16H22N4O3/c1-9(2)11(17)6-7-20(3)16(23)10-4-5-12-13(8-10)19-15(22)14(21)18-12/h4-5,8-9,11H,6-7,17H2,1-3H3,(H,18,21)(H,19,22). The van der Waals surface area contributed by atoms with Crippen molar-refractivity contribution in [1.29, 1.82) is 0 Å². The Bertz CT molecular complexity index is 822. The fraction of sp³-hybridized carbons (Fsp3) is 0.438. The highest BCUT2D eigenvalue weighted by Gasteiger charge is 2.15. The number of carbonyl (C=O) groups is 1. The summed E-state index contributed by atoms with van der Waals surface area (Å²) in [5.74, 6) is 0.205. The Morgan fingerprint density at radius 2 is 1.78 bits per heavy atom. The van der Waals surface area contributed by atoms with Crippen molar-refractivity contribution in [3.05, 3.63) is 44.5 Å². The molecule has 23 heavy (non-hydrogen) atoms. The molecule has 0 aliphatic carbocycles. The normalized spacial score (nSPS) is 12.6. The average Bonchev–Trinajstić information content (AvgIpc) is 2.52. The van der Waals surface area contributed by atoms with Gasteiger partial charge in [-0.05, 0) is 30.5 Å². The summed E-state index contributed by atoms with van der Waals surface area (Å²) in [6.07, 6.45) is 0.720. The van der Waals surface area contributed by atoms with Crippen LogP contribution in [-0.2, 0) is 0 Å². The number of nitrogens with two attached hydrogens (primary N) is 1. The SMILES string of the molecule is CC(C)C(N)CCN(C)C(=O)c1ccc2[nH]c(=O)c(=O)[nH]c2c1. The van der Waals surface area contributed by atoms with Gasteiger partial charge in [-0.1, -0.05) is 13.8 Å². The van der Waals surface area contributed by atoms with Gasteiger partial charge in [0.05, 0.1) is 11.0 Å². The van der Waals surface area contributed by atoms with Gasteiger partial charge >= 0.3 is 11.1 Å². The van der Waals surface area contributed by atoms with E-state index in [2.05, 4.69) is 9.97 Å². The molecule has 0 aliphatic heterocycles. The molecule has 124 valence electrons. The van der Waals surface area contributed by atoms with Crippen molar-refractivity contribution >= 4 is 16.9 Å². The van der Waals surface area contributed by atoms with E-state index in [1.165, 1.54) is 0 Å². The highest BCUT2D eigenvalue weighted by molar-refractivity contribution is 5.97. The molecule has 4 N–H and O–H groups in total. The van der Waals surface area contributed by atoms with Crippen molar-refractivity contribution in [3.8, 4) is 0 Å². The van der Waals surface area contributed by atoms with Crippen LogP contribution in [0.2, 0.25) is 0 Å². The zero-order valence-corrected chi connectivity index (χ0v) is 13.6. The molecule has 0 fully saturated rings. The third kappa shape index (κ3) is 3.87. The molecule has 1 heterocycles. The number of hydrogen-bond donors (Lipinski definition) is 3. The number of aromatic amines is 2. The zero-order valence-electron chi connectivity index (χ0n) is 13.6. The summed E-state index contributed by atoms with van der Waals surface area (Å²) >= 11 is 0. The number of rotatable bonds is 5. The van der Waals surface area contributed by atoms with E-state index in [0.29, 0.717) is 29.1 Å². The van der Waals surface area contributed by atoms with Crippen LogP contribution in [-0.4, -0.2) is 40.4 Å². The van der Waals surface area contributed by atoms with Crippen molar-refractivity contribution in [3.63, 3.8) is 0 Å². The number of nitrogens with one attached hydrogen (secondary N) is 2. The molecule has 2 rings (SSSR count). The quantitative estimate of drug-likeness (QED) is 0.703. The lowest BCUT2D eigenvalue weighted by Crippen LogP contribution is -2.34. The molecule has 1 aromatic heterocycles. The molecule has 0 saturated heterocycles. The number of carbonyl (C=O) groups excluding carboxylic acids is 1. The van der Waals surface area contributed by atoms with Crippen LogP contribution in [0.15, 0.2) is 27.8 Å². The van der Waals surface area contributed by atoms with Crippen LogP contribution in [0, 0.1) is 5.92 Å². The van der Waals surface area contributed by atoms with Crippen LogP contribution in [0.3, 0.4) is 0 Å². The Morgan fingerprint density at radius 1 is 1.17 bits per heavy atom. The first-order chi connectivity index (χ1) is 10.8. The van der Waals surface area contributed by atoms with Crippen LogP contribution >= 0.6 is 0 Å². The summed E-state index contributed by atoms with van der Waals surface area (Å²) in [6, 6.07) is 4.84. The summed E-state index contributed by atoms with van der Waals surface area (Å²) < 4.78 is 0. The lowest BCUT2D eigenvalue weighted by atomic mass is 10.0. The maximum absolute atomic E-state index is 12.4. The Labute approximate surface area is 133 Å². The minimum atomic E-state index is -0.738. The summed E-state index contributed by atoms with van der Waals surface area (Å²) in [6.45, 7) is 4.65. The maximum Gasteiger partial charge on any atom is 0.314 e. The third-order valence-corrected chi connectivity index (χ3v) is 3.97. The van der Waals surface area contributed by atoms with Crippen molar-refractivity contribution in [1.82, 2.24) is 14.9 Å². The van der Waals surface area contributed by atoms with Gasteiger partial charge in [0.25, 0.3) is 5.91 Å².